The van der Waals surface area contributed by atoms with Crippen LogP contribution in [0.25, 0.3) is 0 Å². The Balaban J connectivity index is 2.06. The van der Waals surface area contributed by atoms with Crippen LogP contribution >= 0.6 is 0 Å². The van der Waals surface area contributed by atoms with Crippen molar-refractivity contribution in [1.29, 1.82) is 0 Å². The number of nitrogens with zero attached hydrogens (tertiary/aromatic N) is 1. The van der Waals surface area contributed by atoms with Gasteiger partial charge in [-0.05, 0) is 18.6 Å². The van der Waals surface area contributed by atoms with Crippen molar-refractivity contribution in [1.82, 2.24) is 4.90 Å². The van der Waals surface area contributed by atoms with Gasteiger partial charge in [0.25, 0.3) is 0 Å². The summed E-state index contributed by atoms with van der Waals surface area (Å²) in [5.41, 5.74) is 7.26. The monoisotopic (exact) mass is 247 g/mol. The summed E-state index contributed by atoms with van der Waals surface area (Å²) in [5.74, 6) is -0.562. The van der Waals surface area contributed by atoms with Crippen LogP contribution in [0, 0.1) is 0 Å². The predicted molar refractivity (Wildman–Crippen MR) is 69.0 cm³/mol. The number of carbonyl (C=O) groups excluding carboxylic acids is 2. The molecule has 0 radical (unpaired) electrons. The first-order chi connectivity index (χ1) is 8.61. The molecule has 0 saturated carbocycles. The molecule has 96 valence electrons. The second-order valence-corrected chi connectivity index (χ2v) is 4.38. The van der Waals surface area contributed by atoms with Crippen molar-refractivity contribution in [2.75, 3.05) is 18.4 Å². The minimum atomic E-state index is -0.485. The lowest BCUT2D eigenvalue weighted by molar-refractivity contribution is -0.135. The average Bonchev–Trinajstić information content (AvgIpc) is 2.78. The summed E-state index contributed by atoms with van der Waals surface area (Å²) in [6, 6.07) is 7.54. The van der Waals surface area contributed by atoms with E-state index in [4.69, 9.17) is 5.73 Å². The minimum Gasteiger partial charge on any atom is -0.373 e. The number of para-hydroxylation sites is 1. The van der Waals surface area contributed by atoms with E-state index in [1.807, 2.05) is 31.2 Å². The lowest BCUT2D eigenvalue weighted by Gasteiger charge is -2.23. The van der Waals surface area contributed by atoms with Gasteiger partial charge in [-0.1, -0.05) is 18.2 Å². The molecule has 2 amide bonds. The van der Waals surface area contributed by atoms with Gasteiger partial charge in [0.2, 0.25) is 11.8 Å². The maximum Gasteiger partial charge on any atom is 0.245 e. The third kappa shape index (κ3) is 2.45. The number of primary amides is 1. The number of nitrogens with one attached hydrogen (secondary N) is 1. The molecule has 1 aliphatic rings. The van der Waals surface area contributed by atoms with E-state index in [0.717, 1.165) is 11.3 Å². The van der Waals surface area contributed by atoms with Crippen molar-refractivity contribution in [3.63, 3.8) is 0 Å². The Labute approximate surface area is 106 Å². The molecule has 0 saturated heterocycles. The Morgan fingerprint density at radius 2 is 2.17 bits per heavy atom. The van der Waals surface area contributed by atoms with Gasteiger partial charge in [-0.25, -0.2) is 0 Å². The number of rotatable bonds is 4. The number of nitrogens with two attached hydrogens (primary N) is 1. The van der Waals surface area contributed by atoms with Gasteiger partial charge < -0.3 is 16.0 Å². The molecule has 18 heavy (non-hydrogen) atoms. The van der Waals surface area contributed by atoms with Crippen molar-refractivity contribution in [2.45, 2.75) is 19.4 Å². The topological polar surface area (TPSA) is 75.4 Å². The van der Waals surface area contributed by atoms with Gasteiger partial charge in [0.15, 0.2) is 0 Å². The maximum absolute atomic E-state index is 12.2. The highest BCUT2D eigenvalue weighted by molar-refractivity contribution is 5.90. The number of anilines is 1. The van der Waals surface area contributed by atoms with E-state index < -0.39 is 5.91 Å². The second kappa shape index (κ2) is 5.08. The number of amides is 2. The molecule has 5 heteroatoms. The highest BCUT2D eigenvalue weighted by Gasteiger charge is 2.29. The molecule has 1 atom stereocenters. The SMILES string of the molecule is CCN(CC(N)=O)C(=O)C1Cc2ccccc2N1. The summed E-state index contributed by atoms with van der Waals surface area (Å²) in [6.45, 7) is 2.29. The molecule has 5 nitrogen and oxygen atoms in total. The number of likely N-dealkylation sites (N-methyl/N-ethyl adjacent to an activating group) is 1. The normalized spacial score (nSPS) is 16.8. The van der Waals surface area contributed by atoms with Gasteiger partial charge in [-0.15, -0.1) is 0 Å². The van der Waals surface area contributed by atoms with Crippen LogP contribution in [0.5, 0.6) is 0 Å². The van der Waals surface area contributed by atoms with Gasteiger partial charge in [-0.2, -0.15) is 0 Å². The molecule has 0 bridgehead atoms. The molecule has 0 aliphatic carbocycles. The van der Waals surface area contributed by atoms with Crippen LogP contribution in [-0.2, 0) is 16.0 Å². The first-order valence-electron chi connectivity index (χ1n) is 6.03. The third-order valence-corrected chi connectivity index (χ3v) is 3.11. The number of carbonyl (C=O) groups is 2. The van der Waals surface area contributed by atoms with Gasteiger partial charge in [0, 0.05) is 18.7 Å². The zero-order chi connectivity index (χ0) is 13.1. The van der Waals surface area contributed by atoms with Crippen molar-refractivity contribution in [2.24, 2.45) is 5.73 Å². The van der Waals surface area contributed by atoms with Crippen molar-refractivity contribution in [3.8, 4) is 0 Å². The first-order valence-corrected chi connectivity index (χ1v) is 6.03. The fourth-order valence-corrected chi connectivity index (χ4v) is 2.20. The maximum atomic E-state index is 12.2. The molecule has 1 unspecified atom stereocenters. The van der Waals surface area contributed by atoms with Crippen LogP contribution in [0.3, 0.4) is 0 Å². The zero-order valence-electron chi connectivity index (χ0n) is 10.3. The molecule has 1 aromatic carbocycles. The molecular formula is C13H17N3O2. The Morgan fingerprint density at radius 1 is 1.44 bits per heavy atom. The Morgan fingerprint density at radius 3 is 2.78 bits per heavy atom. The first kappa shape index (κ1) is 12.4. The quantitative estimate of drug-likeness (QED) is 0.806. The summed E-state index contributed by atoms with van der Waals surface area (Å²) in [5, 5.41) is 3.18. The van der Waals surface area contributed by atoms with E-state index >= 15 is 0 Å². The fraction of sp³-hybridized carbons (Fsp3) is 0.385. The van der Waals surface area contributed by atoms with E-state index in [-0.39, 0.29) is 18.5 Å². The average molecular weight is 247 g/mol. The number of benzene rings is 1. The summed E-state index contributed by atoms with van der Waals surface area (Å²) >= 11 is 0. The van der Waals surface area contributed by atoms with Gasteiger partial charge in [0.05, 0.1) is 6.54 Å². The number of hydrogen-bond acceptors (Lipinski definition) is 3. The molecule has 0 fully saturated rings. The standard InChI is InChI=1S/C13H17N3O2/c1-2-16(8-12(14)17)13(18)11-7-9-5-3-4-6-10(9)15-11/h3-6,11,15H,2,7-8H2,1H3,(H2,14,17). The molecule has 1 aromatic rings. The van der Waals surface area contributed by atoms with Gasteiger partial charge in [-0.3, -0.25) is 9.59 Å². The Hall–Kier alpha value is -2.04. The Bertz CT molecular complexity index is 448. The predicted octanol–water partition coefficient (Wildman–Crippen LogP) is 0.357. The number of hydrogen-bond donors (Lipinski definition) is 2. The van der Waals surface area contributed by atoms with Crippen LogP contribution in [0.1, 0.15) is 12.5 Å². The highest BCUT2D eigenvalue weighted by Crippen LogP contribution is 2.25. The molecule has 0 aromatic heterocycles. The largest absolute Gasteiger partial charge is 0.373 e. The summed E-state index contributed by atoms with van der Waals surface area (Å²) < 4.78 is 0. The van der Waals surface area contributed by atoms with Crippen molar-refractivity contribution in [3.05, 3.63) is 29.8 Å². The van der Waals surface area contributed by atoms with Crippen LogP contribution in [-0.4, -0.2) is 35.8 Å². The van der Waals surface area contributed by atoms with Crippen LogP contribution < -0.4 is 11.1 Å². The van der Waals surface area contributed by atoms with E-state index in [1.54, 1.807) is 0 Å². The summed E-state index contributed by atoms with van der Waals surface area (Å²) in [4.78, 5) is 24.6. The van der Waals surface area contributed by atoms with E-state index in [1.165, 1.54) is 4.90 Å². The molecule has 0 spiro atoms. The van der Waals surface area contributed by atoms with Crippen molar-refractivity contribution >= 4 is 17.5 Å². The smallest absolute Gasteiger partial charge is 0.245 e. The van der Waals surface area contributed by atoms with E-state index in [0.29, 0.717) is 13.0 Å². The van der Waals surface area contributed by atoms with Crippen molar-refractivity contribution < 1.29 is 9.59 Å². The van der Waals surface area contributed by atoms with Crippen LogP contribution in [0.2, 0.25) is 0 Å². The van der Waals surface area contributed by atoms with Gasteiger partial charge >= 0.3 is 0 Å². The number of fused-ring (bicyclic) bond motifs is 1. The molecule has 3 N–H and O–H groups in total. The minimum absolute atomic E-state index is 0.0239. The lowest BCUT2D eigenvalue weighted by atomic mass is 10.1. The lowest BCUT2D eigenvalue weighted by Crippen LogP contribution is -2.45. The molecule has 1 aliphatic heterocycles. The molecule has 2 rings (SSSR count). The van der Waals surface area contributed by atoms with Crippen LogP contribution in [0.4, 0.5) is 5.69 Å². The van der Waals surface area contributed by atoms with E-state index in [2.05, 4.69) is 5.32 Å². The zero-order valence-corrected chi connectivity index (χ0v) is 10.3. The molecule has 1 heterocycles. The third-order valence-electron chi connectivity index (χ3n) is 3.11. The van der Waals surface area contributed by atoms with E-state index in [9.17, 15) is 9.59 Å². The second-order valence-electron chi connectivity index (χ2n) is 4.38. The summed E-state index contributed by atoms with van der Waals surface area (Å²) in [6.07, 6.45) is 0.657. The Kier molecular flexibility index (Phi) is 3.50. The van der Waals surface area contributed by atoms with Crippen LogP contribution in [0.15, 0.2) is 24.3 Å². The molecular weight excluding hydrogens is 230 g/mol. The highest BCUT2D eigenvalue weighted by atomic mass is 16.2. The van der Waals surface area contributed by atoms with Gasteiger partial charge in [0.1, 0.15) is 6.04 Å². The summed E-state index contributed by atoms with van der Waals surface area (Å²) in [7, 11) is 0. The fourth-order valence-electron chi connectivity index (χ4n) is 2.20.